The number of rotatable bonds is 5. The van der Waals surface area contributed by atoms with E-state index in [1.807, 2.05) is 7.05 Å². The molecule has 0 radical (unpaired) electrons. The molecule has 9 heavy (non-hydrogen) atoms. The highest BCUT2D eigenvalue weighted by Gasteiger charge is 1.89. The summed E-state index contributed by atoms with van der Waals surface area (Å²) in [6, 6.07) is 0. The van der Waals surface area contributed by atoms with Crippen LogP contribution >= 0.6 is 0 Å². The Kier molecular flexibility index (Phi) is 5.64. The molecule has 0 aromatic heterocycles. The molecule has 0 amide bonds. The van der Waals surface area contributed by atoms with E-state index >= 15 is 0 Å². The van der Waals surface area contributed by atoms with E-state index in [2.05, 4.69) is 18.8 Å². The molecular weight excluding hydrogens is 110 g/mol. The normalized spacial score (nSPS) is 9.56. The maximum atomic E-state index is 3.94. The van der Waals surface area contributed by atoms with Gasteiger partial charge in [-0.05, 0) is 26.4 Å². The van der Waals surface area contributed by atoms with Gasteiger partial charge in [-0.1, -0.05) is 25.5 Å². The summed E-state index contributed by atoms with van der Waals surface area (Å²) >= 11 is 0. The standard InChI is InChI=1S/C8H17N/c1-4-5-8(2)6-7-9-3/h9H,2,4-7H2,1,3H3. The van der Waals surface area contributed by atoms with Crippen LogP contribution in [0.5, 0.6) is 0 Å². The van der Waals surface area contributed by atoms with Crippen molar-refractivity contribution in [1.29, 1.82) is 0 Å². The highest BCUT2D eigenvalue weighted by molar-refractivity contribution is 4.93. The fraction of sp³-hybridized carbons (Fsp3) is 0.750. The molecule has 0 rings (SSSR count). The fourth-order valence-corrected chi connectivity index (χ4v) is 0.780. The van der Waals surface area contributed by atoms with Crippen LogP contribution in [-0.2, 0) is 0 Å². The summed E-state index contributed by atoms with van der Waals surface area (Å²) in [6.07, 6.45) is 3.54. The van der Waals surface area contributed by atoms with Gasteiger partial charge in [0.05, 0.1) is 0 Å². The monoisotopic (exact) mass is 127 g/mol. The Morgan fingerprint density at radius 1 is 1.44 bits per heavy atom. The lowest BCUT2D eigenvalue weighted by atomic mass is 10.1. The van der Waals surface area contributed by atoms with Crippen LogP contribution in [0.25, 0.3) is 0 Å². The molecule has 0 heterocycles. The number of hydrogen-bond acceptors (Lipinski definition) is 1. The molecule has 0 fully saturated rings. The first-order chi connectivity index (χ1) is 4.31. The minimum absolute atomic E-state index is 1.07. The Balaban J connectivity index is 3.06. The average molecular weight is 127 g/mol. The number of nitrogens with one attached hydrogen (secondary N) is 1. The third-order valence-electron chi connectivity index (χ3n) is 1.33. The highest BCUT2D eigenvalue weighted by Crippen LogP contribution is 2.04. The molecule has 0 unspecified atom stereocenters. The van der Waals surface area contributed by atoms with Crippen LogP contribution in [0, 0.1) is 0 Å². The Morgan fingerprint density at radius 2 is 2.11 bits per heavy atom. The zero-order chi connectivity index (χ0) is 7.11. The Bertz CT molecular complexity index is 76.6. The van der Waals surface area contributed by atoms with Crippen LogP contribution in [0.3, 0.4) is 0 Å². The molecule has 1 nitrogen and oxygen atoms in total. The average Bonchev–Trinajstić information content (AvgIpc) is 1.85. The lowest BCUT2D eigenvalue weighted by molar-refractivity contribution is 0.749. The minimum atomic E-state index is 1.07. The maximum absolute atomic E-state index is 3.94. The van der Waals surface area contributed by atoms with Gasteiger partial charge in [-0.2, -0.15) is 0 Å². The lowest BCUT2D eigenvalue weighted by Crippen LogP contribution is -2.07. The Morgan fingerprint density at radius 3 is 2.56 bits per heavy atom. The van der Waals surface area contributed by atoms with Crippen molar-refractivity contribution in [3.63, 3.8) is 0 Å². The van der Waals surface area contributed by atoms with Crippen LogP contribution in [0.2, 0.25) is 0 Å². The largest absolute Gasteiger partial charge is 0.319 e. The predicted octanol–water partition coefficient (Wildman–Crippen LogP) is 1.95. The Hall–Kier alpha value is -0.300. The van der Waals surface area contributed by atoms with Gasteiger partial charge in [0.25, 0.3) is 0 Å². The van der Waals surface area contributed by atoms with Gasteiger partial charge in [0, 0.05) is 0 Å². The first-order valence-corrected chi connectivity index (χ1v) is 3.62. The van der Waals surface area contributed by atoms with Crippen molar-refractivity contribution < 1.29 is 0 Å². The zero-order valence-electron chi connectivity index (χ0n) is 6.54. The maximum Gasteiger partial charge on any atom is -0.00147 e. The molecule has 1 N–H and O–H groups in total. The molecular formula is C8H17N. The van der Waals surface area contributed by atoms with Crippen molar-refractivity contribution in [3.8, 4) is 0 Å². The van der Waals surface area contributed by atoms with E-state index in [0.29, 0.717) is 0 Å². The summed E-state index contributed by atoms with van der Waals surface area (Å²) in [7, 11) is 1.97. The van der Waals surface area contributed by atoms with Crippen molar-refractivity contribution in [1.82, 2.24) is 5.32 Å². The third-order valence-corrected chi connectivity index (χ3v) is 1.33. The van der Waals surface area contributed by atoms with Gasteiger partial charge < -0.3 is 5.32 Å². The first kappa shape index (κ1) is 8.70. The summed E-state index contributed by atoms with van der Waals surface area (Å²) < 4.78 is 0. The second kappa shape index (κ2) is 5.83. The number of hydrogen-bond donors (Lipinski definition) is 1. The van der Waals surface area contributed by atoms with E-state index in [9.17, 15) is 0 Å². The topological polar surface area (TPSA) is 12.0 Å². The predicted molar refractivity (Wildman–Crippen MR) is 42.6 cm³/mol. The van der Waals surface area contributed by atoms with E-state index in [-0.39, 0.29) is 0 Å². The van der Waals surface area contributed by atoms with Gasteiger partial charge in [-0.25, -0.2) is 0 Å². The van der Waals surface area contributed by atoms with Crippen molar-refractivity contribution in [2.75, 3.05) is 13.6 Å². The quantitative estimate of drug-likeness (QED) is 0.557. The van der Waals surface area contributed by atoms with Crippen LogP contribution < -0.4 is 5.32 Å². The van der Waals surface area contributed by atoms with Gasteiger partial charge in [0.2, 0.25) is 0 Å². The molecule has 1 heteroatoms. The van der Waals surface area contributed by atoms with Crippen molar-refractivity contribution in [3.05, 3.63) is 12.2 Å². The first-order valence-electron chi connectivity index (χ1n) is 3.62. The lowest BCUT2D eigenvalue weighted by Gasteiger charge is -2.01. The van der Waals surface area contributed by atoms with Crippen molar-refractivity contribution in [2.45, 2.75) is 26.2 Å². The molecule has 0 saturated heterocycles. The molecule has 0 aromatic rings. The molecule has 0 saturated carbocycles. The SMILES string of the molecule is C=C(CCC)CCNC. The van der Waals surface area contributed by atoms with Gasteiger partial charge in [-0.3, -0.25) is 0 Å². The smallest absolute Gasteiger partial charge is 0.00147 e. The van der Waals surface area contributed by atoms with Crippen molar-refractivity contribution in [2.24, 2.45) is 0 Å². The van der Waals surface area contributed by atoms with Crippen LogP contribution in [0.15, 0.2) is 12.2 Å². The zero-order valence-corrected chi connectivity index (χ0v) is 6.54. The van der Waals surface area contributed by atoms with Gasteiger partial charge in [-0.15, -0.1) is 0 Å². The molecule has 0 aliphatic heterocycles. The molecule has 0 spiro atoms. The van der Waals surface area contributed by atoms with Crippen LogP contribution in [-0.4, -0.2) is 13.6 Å². The van der Waals surface area contributed by atoms with E-state index in [4.69, 9.17) is 0 Å². The summed E-state index contributed by atoms with van der Waals surface area (Å²) in [5.74, 6) is 0. The molecule has 0 aromatic carbocycles. The highest BCUT2D eigenvalue weighted by atomic mass is 14.8. The van der Waals surface area contributed by atoms with Crippen LogP contribution in [0.4, 0.5) is 0 Å². The van der Waals surface area contributed by atoms with Gasteiger partial charge in [0.1, 0.15) is 0 Å². The minimum Gasteiger partial charge on any atom is -0.319 e. The van der Waals surface area contributed by atoms with E-state index in [1.54, 1.807) is 0 Å². The summed E-state index contributed by atoms with van der Waals surface area (Å²) in [6.45, 7) is 7.20. The summed E-state index contributed by atoms with van der Waals surface area (Å²) in [4.78, 5) is 0. The van der Waals surface area contributed by atoms with Crippen LogP contribution in [0.1, 0.15) is 26.2 Å². The van der Waals surface area contributed by atoms with Crippen molar-refractivity contribution >= 4 is 0 Å². The molecule has 54 valence electrons. The second-order valence-electron chi connectivity index (χ2n) is 2.35. The van der Waals surface area contributed by atoms with E-state index in [1.165, 1.54) is 18.4 Å². The van der Waals surface area contributed by atoms with E-state index in [0.717, 1.165) is 13.0 Å². The van der Waals surface area contributed by atoms with E-state index < -0.39 is 0 Å². The molecule has 0 bridgehead atoms. The molecule has 0 aliphatic rings. The summed E-state index contributed by atoms with van der Waals surface area (Å²) in [5.41, 5.74) is 1.37. The van der Waals surface area contributed by atoms with Gasteiger partial charge >= 0.3 is 0 Å². The fourth-order valence-electron chi connectivity index (χ4n) is 0.780. The third kappa shape index (κ3) is 5.57. The molecule has 0 atom stereocenters. The molecule has 0 aliphatic carbocycles. The second-order valence-corrected chi connectivity index (χ2v) is 2.35. The summed E-state index contributed by atoms with van der Waals surface area (Å²) in [5, 5.41) is 3.10. The van der Waals surface area contributed by atoms with Gasteiger partial charge in [0.15, 0.2) is 0 Å². The Labute approximate surface area is 58.2 Å².